The largest absolute Gasteiger partial charge is 0.508 e. The summed E-state index contributed by atoms with van der Waals surface area (Å²) in [5, 5.41) is 21.0. The second-order valence-corrected chi connectivity index (χ2v) is 5.98. The van der Waals surface area contributed by atoms with Crippen LogP contribution in [0.15, 0.2) is 84.9 Å². The van der Waals surface area contributed by atoms with Crippen molar-refractivity contribution in [3.63, 3.8) is 0 Å². The lowest BCUT2D eigenvalue weighted by Crippen LogP contribution is -2.47. The molecule has 3 rings (SSSR count). The van der Waals surface area contributed by atoms with Crippen molar-refractivity contribution in [3.05, 3.63) is 102 Å². The van der Waals surface area contributed by atoms with Gasteiger partial charge >= 0.3 is 0 Å². The maximum absolute atomic E-state index is 11.6. The highest BCUT2D eigenvalue weighted by atomic mass is 16.3. The Morgan fingerprint density at radius 1 is 0.750 bits per heavy atom. The highest BCUT2D eigenvalue weighted by Crippen LogP contribution is 2.33. The van der Waals surface area contributed by atoms with E-state index in [1.165, 1.54) is 0 Å². The van der Waals surface area contributed by atoms with Gasteiger partial charge in [-0.15, -0.1) is 0 Å². The van der Waals surface area contributed by atoms with Gasteiger partial charge in [0.1, 0.15) is 11.4 Å². The molecule has 0 aliphatic rings. The van der Waals surface area contributed by atoms with Crippen molar-refractivity contribution in [2.45, 2.75) is 18.1 Å². The fourth-order valence-electron chi connectivity index (χ4n) is 3.01. The maximum atomic E-state index is 11.6. The van der Waals surface area contributed by atoms with Crippen molar-refractivity contribution in [3.8, 4) is 5.75 Å². The van der Waals surface area contributed by atoms with E-state index in [1.54, 1.807) is 12.1 Å². The van der Waals surface area contributed by atoms with E-state index in [9.17, 15) is 10.2 Å². The Labute approximate surface area is 142 Å². The van der Waals surface area contributed by atoms with Crippen LogP contribution in [0, 0.1) is 0 Å². The third-order valence-corrected chi connectivity index (χ3v) is 4.36. The van der Waals surface area contributed by atoms with Gasteiger partial charge in [-0.05, 0) is 35.2 Å². The fraction of sp³-hybridized carbons (Fsp3) is 0.143. The molecule has 0 aromatic heterocycles. The molecule has 0 heterocycles. The summed E-state index contributed by atoms with van der Waals surface area (Å²) >= 11 is 0. The number of aromatic hydroxyl groups is 1. The van der Waals surface area contributed by atoms with Crippen LogP contribution in [0.25, 0.3) is 0 Å². The number of hydrogen-bond donors (Lipinski definition) is 3. The zero-order valence-corrected chi connectivity index (χ0v) is 13.3. The van der Waals surface area contributed by atoms with Crippen LogP contribution in [0.2, 0.25) is 0 Å². The zero-order valence-electron chi connectivity index (χ0n) is 13.3. The van der Waals surface area contributed by atoms with Gasteiger partial charge in [0.25, 0.3) is 0 Å². The van der Waals surface area contributed by atoms with Crippen LogP contribution in [0.1, 0.15) is 16.7 Å². The Kier molecular flexibility index (Phi) is 4.65. The monoisotopic (exact) mass is 319 g/mol. The molecule has 0 aliphatic carbocycles. The zero-order chi connectivity index (χ0) is 17.0. The molecule has 0 radical (unpaired) electrons. The molecule has 0 spiro atoms. The number of hydrogen-bond acceptors (Lipinski definition) is 3. The average molecular weight is 319 g/mol. The number of nitrogens with two attached hydrogens (primary N) is 1. The first-order chi connectivity index (χ1) is 11.6. The SMILES string of the molecule is N[C@@H](Cc1ccc(O)cc1)C(O)(c1ccccc1)c1ccccc1. The summed E-state index contributed by atoms with van der Waals surface area (Å²) in [6, 6.07) is 25.4. The Morgan fingerprint density at radius 2 is 1.21 bits per heavy atom. The molecular formula is C21H21NO2. The lowest BCUT2D eigenvalue weighted by atomic mass is 9.78. The molecule has 0 amide bonds. The third kappa shape index (κ3) is 3.18. The van der Waals surface area contributed by atoms with Gasteiger partial charge in [-0.2, -0.15) is 0 Å². The summed E-state index contributed by atoms with van der Waals surface area (Å²) in [7, 11) is 0. The Hall–Kier alpha value is -2.62. The first kappa shape index (κ1) is 16.2. The first-order valence-electron chi connectivity index (χ1n) is 7.97. The number of benzene rings is 3. The van der Waals surface area contributed by atoms with Crippen molar-refractivity contribution >= 4 is 0 Å². The van der Waals surface area contributed by atoms with Crippen LogP contribution in [0.3, 0.4) is 0 Å². The van der Waals surface area contributed by atoms with Crippen LogP contribution < -0.4 is 5.73 Å². The summed E-state index contributed by atoms with van der Waals surface area (Å²) in [4.78, 5) is 0. The molecule has 24 heavy (non-hydrogen) atoms. The summed E-state index contributed by atoms with van der Waals surface area (Å²) in [5.41, 5.74) is 7.68. The predicted octanol–water partition coefficient (Wildman–Crippen LogP) is 3.20. The molecule has 0 bridgehead atoms. The van der Waals surface area contributed by atoms with Crippen molar-refractivity contribution < 1.29 is 10.2 Å². The fourth-order valence-corrected chi connectivity index (χ4v) is 3.01. The number of phenolic OH excluding ortho intramolecular Hbond substituents is 1. The highest BCUT2D eigenvalue weighted by molar-refractivity contribution is 5.39. The molecule has 3 aromatic carbocycles. The van der Waals surface area contributed by atoms with Gasteiger partial charge in [-0.1, -0.05) is 72.8 Å². The van der Waals surface area contributed by atoms with E-state index in [-0.39, 0.29) is 5.75 Å². The summed E-state index contributed by atoms with van der Waals surface area (Å²) < 4.78 is 0. The minimum absolute atomic E-state index is 0.216. The van der Waals surface area contributed by atoms with E-state index in [0.29, 0.717) is 6.42 Å². The Bertz CT molecular complexity index is 730. The van der Waals surface area contributed by atoms with Crippen LogP contribution in [-0.4, -0.2) is 16.3 Å². The van der Waals surface area contributed by atoms with Crippen LogP contribution in [0.4, 0.5) is 0 Å². The molecule has 122 valence electrons. The third-order valence-electron chi connectivity index (χ3n) is 4.36. The average Bonchev–Trinajstić information content (AvgIpc) is 2.64. The van der Waals surface area contributed by atoms with E-state index in [1.807, 2.05) is 72.8 Å². The van der Waals surface area contributed by atoms with Crippen molar-refractivity contribution in [1.82, 2.24) is 0 Å². The molecule has 1 atom stereocenters. The minimum Gasteiger partial charge on any atom is -0.508 e. The highest BCUT2D eigenvalue weighted by Gasteiger charge is 2.37. The van der Waals surface area contributed by atoms with Gasteiger partial charge in [0.2, 0.25) is 0 Å². The molecule has 3 aromatic rings. The molecule has 3 heteroatoms. The molecule has 0 unspecified atom stereocenters. The number of rotatable bonds is 5. The topological polar surface area (TPSA) is 66.5 Å². The molecule has 0 saturated carbocycles. The van der Waals surface area contributed by atoms with E-state index in [0.717, 1.165) is 16.7 Å². The molecule has 0 fully saturated rings. The van der Waals surface area contributed by atoms with Crippen molar-refractivity contribution in [2.75, 3.05) is 0 Å². The standard InChI is InChI=1S/C21H21NO2/c22-20(15-16-11-13-19(23)14-12-16)21(24,17-7-3-1-4-8-17)18-9-5-2-6-10-18/h1-14,20,23-24H,15,22H2/t20-/m0/s1. The van der Waals surface area contributed by atoms with E-state index in [2.05, 4.69) is 0 Å². The summed E-state index contributed by atoms with van der Waals surface area (Å²) in [6.07, 6.45) is 0.487. The second-order valence-electron chi connectivity index (χ2n) is 5.98. The predicted molar refractivity (Wildman–Crippen MR) is 95.7 cm³/mol. The van der Waals surface area contributed by atoms with Gasteiger partial charge in [-0.25, -0.2) is 0 Å². The van der Waals surface area contributed by atoms with Crippen LogP contribution in [0.5, 0.6) is 5.75 Å². The van der Waals surface area contributed by atoms with E-state index < -0.39 is 11.6 Å². The van der Waals surface area contributed by atoms with Gasteiger partial charge in [0, 0.05) is 6.04 Å². The van der Waals surface area contributed by atoms with E-state index >= 15 is 0 Å². The first-order valence-corrected chi connectivity index (χ1v) is 7.97. The van der Waals surface area contributed by atoms with Gasteiger partial charge in [0.15, 0.2) is 0 Å². The molecule has 4 N–H and O–H groups in total. The number of phenols is 1. The molecule has 3 nitrogen and oxygen atoms in total. The normalized spacial score (nSPS) is 12.8. The van der Waals surface area contributed by atoms with Crippen molar-refractivity contribution in [2.24, 2.45) is 5.73 Å². The van der Waals surface area contributed by atoms with Gasteiger partial charge in [-0.3, -0.25) is 0 Å². The van der Waals surface area contributed by atoms with Crippen LogP contribution in [-0.2, 0) is 12.0 Å². The Morgan fingerprint density at radius 3 is 1.67 bits per heavy atom. The summed E-state index contributed by atoms with van der Waals surface area (Å²) in [5.74, 6) is 0.216. The minimum atomic E-state index is -1.29. The Balaban J connectivity index is 2.00. The maximum Gasteiger partial charge on any atom is 0.130 e. The number of aliphatic hydroxyl groups is 1. The lowest BCUT2D eigenvalue weighted by Gasteiger charge is -2.35. The molecule has 0 aliphatic heterocycles. The van der Waals surface area contributed by atoms with Crippen LogP contribution >= 0.6 is 0 Å². The van der Waals surface area contributed by atoms with Crippen molar-refractivity contribution in [1.29, 1.82) is 0 Å². The van der Waals surface area contributed by atoms with E-state index in [4.69, 9.17) is 5.73 Å². The lowest BCUT2D eigenvalue weighted by molar-refractivity contribution is 0.0516. The molecular weight excluding hydrogens is 298 g/mol. The van der Waals surface area contributed by atoms with Gasteiger partial charge < -0.3 is 15.9 Å². The summed E-state index contributed by atoms with van der Waals surface area (Å²) in [6.45, 7) is 0. The van der Waals surface area contributed by atoms with Gasteiger partial charge in [0.05, 0.1) is 0 Å². The molecule has 0 saturated heterocycles. The second kappa shape index (κ2) is 6.87. The smallest absolute Gasteiger partial charge is 0.130 e. The quantitative estimate of drug-likeness (QED) is 0.676.